The average Bonchev–Trinajstić information content (AvgIpc) is 3.23. The van der Waals surface area contributed by atoms with Gasteiger partial charge in [-0.3, -0.25) is 4.79 Å². The molecule has 7 heteroatoms. The summed E-state index contributed by atoms with van der Waals surface area (Å²) in [4.78, 5) is 20.3. The number of carbonyl (C=O) groups excluding carboxylic acids is 1. The van der Waals surface area contributed by atoms with Crippen molar-refractivity contribution in [2.45, 2.75) is 37.0 Å². The summed E-state index contributed by atoms with van der Waals surface area (Å²) >= 11 is 14.3. The molecule has 1 unspecified atom stereocenters. The molecule has 2 aliphatic rings. The van der Waals surface area contributed by atoms with Crippen molar-refractivity contribution in [3.05, 3.63) is 50.4 Å². The van der Waals surface area contributed by atoms with Gasteiger partial charge in [-0.25, -0.2) is 4.98 Å². The van der Waals surface area contributed by atoms with E-state index in [1.54, 1.807) is 17.4 Å². The molecule has 0 saturated carbocycles. The van der Waals surface area contributed by atoms with E-state index in [1.807, 2.05) is 28.6 Å². The smallest absolute Gasteiger partial charge is 0.233 e. The number of piperidine rings is 1. The lowest BCUT2D eigenvalue weighted by atomic mass is 9.72. The first-order valence-electron chi connectivity index (χ1n) is 9.32. The number of thiazole rings is 1. The summed E-state index contributed by atoms with van der Waals surface area (Å²) < 4.78 is 5.58. The minimum absolute atomic E-state index is 0.163. The highest BCUT2D eigenvalue weighted by Crippen LogP contribution is 2.42. The first kappa shape index (κ1) is 19.2. The van der Waals surface area contributed by atoms with Gasteiger partial charge >= 0.3 is 0 Å². The first-order valence-corrected chi connectivity index (χ1v) is 11.0. The van der Waals surface area contributed by atoms with E-state index in [2.05, 4.69) is 4.98 Å². The lowest BCUT2D eigenvalue weighted by Gasteiger charge is -2.43. The van der Waals surface area contributed by atoms with E-state index >= 15 is 0 Å². The number of hydrogen-bond donors (Lipinski definition) is 0. The monoisotopic (exact) mass is 424 g/mol. The van der Waals surface area contributed by atoms with Gasteiger partial charge in [0.15, 0.2) is 0 Å². The Labute approximate surface area is 173 Å². The molecule has 2 saturated heterocycles. The summed E-state index contributed by atoms with van der Waals surface area (Å²) in [6.45, 7) is 2.64. The zero-order valence-corrected chi connectivity index (χ0v) is 17.3. The molecule has 1 aromatic heterocycles. The normalized spacial score (nSPS) is 22.6. The highest BCUT2D eigenvalue weighted by Gasteiger charge is 2.46. The number of amides is 1. The molecule has 144 valence electrons. The topological polar surface area (TPSA) is 42.4 Å². The van der Waals surface area contributed by atoms with Gasteiger partial charge in [0.25, 0.3) is 0 Å². The summed E-state index contributed by atoms with van der Waals surface area (Å²) in [6, 6.07) is 5.47. The predicted octanol–water partition coefficient (Wildman–Crippen LogP) is 4.90. The van der Waals surface area contributed by atoms with Crippen molar-refractivity contribution in [1.82, 2.24) is 9.88 Å². The van der Waals surface area contributed by atoms with Crippen LogP contribution in [-0.4, -0.2) is 42.1 Å². The van der Waals surface area contributed by atoms with Crippen LogP contribution in [0.25, 0.3) is 0 Å². The Balaban J connectivity index is 1.65. The van der Waals surface area contributed by atoms with Gasteiger partial charge in [0.1, 0.15) is 0 Å². The van der Waals surface area contributed by atoms with Crippen LogP contribution >= 0.6 is 34.5 Å². The lowest BCUT2D eigenvalue weighted by molar-refractivity contribution is -0.142. The van der Waals surface area contributed by atoms with Crippen LogP contribution in [0, 0.1) is 0 Å². The van der Waals surface area contributed by atoms with E-state index in [4.69, 9.17) is 27.9 Å². The van der Waals surface area contributed by atoms with Crippen molar-refractivity contribution in [2.24, 2.45) is 0 Å². The van der Waals surface area contributed by atoms with Crippen LogP contribution in [0.15, 0.2) is 29.8 Å². The predicted molar refractivity (Wildman–Crippen MR) is 109 cm³/mol. The van der Waals surface area contributed by atoms with Crippen molar-refractivity contribution in [1.29, 1.82) is 0 Å². The third-order valence-electron chi connectivity index (χ3n) is 5.71. The Morgan fingerprint density at radius 1 is 1.30 bits per heavy atom. The third-order valence-corrected chi connectivity index (χ3v) is 7.20. The number of halogens is 2. The van der Waals surface area contributed by atoms with Crippen LogP contribution in [0.2, 0.25) is 10.0 Å². The highest BCUT2D eigenvalue weighted by molar-refractivity contribution is 7.09. The molecule has 0 spiro atoms. The molecule has 1 atom stereocenters. The van der Waals surface area contributed by atoms with Gasteiger partial charge in [-0.1, -0.05) is 29.3 Å². The molecule has 0 bridgehead atoms. The van der Waals surface area contributed by atoms with Gasteiger partial charge < -0.3 is 9.64 Å². The third kappa shape index (κ3) is 3.75. The van der Waals surface area contributed by atoms with E-state index in [9.17, 15) is 4.79 Å². The van der Waals surface area contributed by atoms with E-state index < -0.39 is 5.41 Å². The Hall–Kier alpha value is -1.14. The van der Waals surface area contributed by atoms with Crippen LogP contribution in [0.1, 0.15) is 42.2 Å². The molecule has 2 aromatic rings. The van der Waals surface area contributed by atoms with Crippen molar-refractivity contribution >= 4 is 40.4 Å². The molecule has 4 nitrogen and oxygen atoms in total. The fourth-order valence-electron chi connectivity index (χ4n) is 4.30. The summed E-state index contributed by atoms with van der Waals surface area (Å²) in [5, 5.41) is 4.27. The van der Waals surface area contributed by atoms with Gasteiger partial charge in [-0.2, -0.15) is 0 Å². The van der Waals surface area contributed by atoms with Crippen molar-refractivity contribution in [3.8, 4) is 0 Å². The second kappa shape index (κ2) is 8.08. The minimum atomic E-state index is -0.634. The molecular formula is C20H22Cl2N2O2S. The van der Waals surface area contributed by atoms with Crippen LogP contribution in [0.3, 0.4) is 0 Å². The van der Waals surface area contributed by atoms with Crippen molar-refractivity contribution in [2.75, 3.05) is 26.3 Å². The highest BCUT2D eigenvalue weighted by atomic mass is 35.5. The van der Waals surface area contributed by atoms with Crippen LogP contribution in [0.5, 0.6) is 0 Å². The van der Waals surface area contributed by atoms with Gasteiger partial charge in [0.05, 0.1) is 10.4 Å². The van der Waals surface area contributed by atoms with Crippen LogP contribution in [-0.2, 0) is 14.9 Å². The Bertz CT molecular complexity index is 806. The maximum atomic E-state index is 13.8. The second-order valence-electron chi connectivity index (χ2n) is 7.28. The molecule has 2 aliphatic heterocycles. The van der Waals surface area contributed by atoms with Crippen LogP contribution in [0.4, 0.5) is 0 Å². The van der Waals surface area contributed by atoms with Crippen LogP contribution < -0.4 is 0 Å². The molecule has 0 radical (unpaired) electrons. The summed E-state index contributed by atoms with van der Waals surface area (Å²) in [6.07, 6.45) is 5.21. The quantitative estimate of drug-likeness (QED) is 0.702. The van der Waals surface area contributed by atoms with E-state index in [0.717, 1.165) is 36.5 Å². The molecule has 3 heterocycles. The molecule has 1 amide bonds. The average molecular weight is 425 g/mol. The van der Waals surface area contributed by atoms with Crippen molar-refractivity contribution in [3.63, 3.8) is 0 Å². The Morgan fingerprint density at radius 2 is 2.11 bits per heavy atom. The first-order chi connectivity index (χ1) is 13.1. The van der Waals surface area contributed by atoms with Gasteiger partial charge in [0.2, 0.25) is 5.91 Å². The zero-order chi connectivity index (χ0) is 18.9. The largest absolute Gasteiger partial charge is 0.381 e. The number of aromatic nitrogens is 1. The maximum Gasteiger partial charge on any atom is 0.233 e. The number of carbonyl (C=O) groups is 1. The van der Waals surface area contributed by atoms with Gasteiger partial charge in [0, 0.05) is 53.8 Å². The number of rotatable bonds is 3. The number of ether oxygens (including phenoxy) is 1. The minimum Gasteiger partial charge on any atom is -0.381 e. The molecule has 27 heavy (non-hydrogen) atoms. The molecule has 4 rings (SSSR count). The maximum absolute atomic E-state index is 13.8. The van der Waals surface area contributed by atoms with Crippen molar-refractivity contribution < 1.29 is 9.53 Å². The Kier molecular flexibility index (Phi) is 5.74. The van der Waals surface area contributed by atoms with E-state index in [1.165, 1.54) is 0 Å². The fourth-order valence-corrected chi connectivity index (χ4v) is 5.65. The SMILES string of the molecule is O=C(N1CCCC(c2nccs2)C1)C1(c2ccc(Cl)cc2Cl)CCOCC1. The number of nitrogens with zero attached hydrogens (tertiary/aromatic N) is 2. The molecule has 1 aromatic carbocycles. The lowest BCUT2D eigenvalue weighted by Crippen LogP contribution is -2.52. The van der Waals surface area contributed by atoms with E-state index in [0.29, 0.717) is 42.0 Å². The number of benzene rings is 1. The van der Waals surface area contributed by atoms with E-state index in [-0.39, 0.29) is 5.91 Å². The Morgan fingerprint density at radius 3 is 2.81 bits per heavy atom. The number of hydrogen-bond acceptors (Lipinski definition) is 4. The molecule has 2 fully saturated rings. The molecule has 0 N–H and O–H groups in total. The molecule has 0 aliphatic carbocycles. The second-order valence-corrected chi connectivity index (χ2v) is 9.05. The molecular weight excluding hydrogens is 403 g/mol. The number of likely N-dealkylation sites (tertiary alicyclic amines) is 1. The summed E-state index contributed by atoms with van der Waals surface area (Å²) in [5.74, 6) is 0.483. The summed E-state index contributed by atoms with van der Waals surface area (Å²) in [7, 11) is 0. The fraction of sp³-hybridized carbons (Fsp3) is 0.500. The standard InChI is InChI=1S/C20H22Cl2N2O2S/c21-15-3-4-16(17(22)12-15)20(5-9-26-10-6-20)19(25)24-8-1-2-14(13-24)18-23-7-11-27-18/h3-4,7,11-12,14H,1-2,5-6,8-10,13H2. The van der Waals surface area contributed by atoms with Gasteiger partial charge in [-0.15, -0.1) is 11.3 Å². The zero-order valence-electron chi connectivity index (χ0n) is 15.0. The summed E-state index contributed by atoms with van der Waals surface area (Å²) in [5.41, 5.74) is 0.239. The van der Waals surface area contributed by atoms with Gasteiger partial charge in [-0.05, 0) is 43.4 Å².